The first kappa shape index (κ1) is 31.3. The molecule has 9 nitrogen and oxygen atoms in total. The lowest BCUT2D eigenvalue weighted by Crippen LogP contribution is -2.64. The van der Waals surface area contributed by atoms with Crippen LogP contribution in [0.1, 0.15) is 62.8 Å². The van der Waals surface area contributed by atoms with Gasteiger partial charge in [0.25, 0.3) is 5.56 Å². The van der Waals surface area contributed by atoms with Crippen molar-refractivity contribution in [3.05, 3.63) is 112 Å². The highest BCUT2D eigenvalue weighted by Crippen LogP contribution is 2.36. The van der Waals surface area contributed by atoms with Crippen LogP contribution in [0.25, 0.3) is 0 Å². The maximum Gasteiger partial charge on any atom is 0.412 e. The van der Waals surface area contributed by atoms with E-state index in [0.717, 1.165) is 16.7 Å². The van der Waals surface area contributed by atoms with Crippen LogP contribution in [0.3, 0.4) is 0 Å². The molecule has 9 heteroatoms. The average molecular weight is 585 g/mol. The van der Waals surface area contributed by atoms with Crippen LogP contribution in [-0.4, -0.2) is 46.6 Å². The van der Waals surface area contributed by atoms with Crippen LogP contribution >= 0.6 is 0 Å². The van der Waals surface area contributed by atoms with Crippen LogP contribution in [0.5, 0.6) is 0 Å². The molecule has 1 aromatic heterocycles. The summed E-state index contributed by atoms with van der Waals surface area (Å²) in [5.74, 6) is -0.551. The van der Waals surface area contributed by atoms with Crippen molar-refractivity contribution in [3.63, 3.8) is 0 Å². The van der Waals surface area contributed by atoms with Gasteiger partial charge in [-0.15, -0.1) is 0 Å². The number of likely N-dealkylation sites (tertiary alicyclic amines) is 1. The van der Waals surface area contributed by atoms with Crippen molar-refractivity contribution in [2.45, 2.75) is 64.1 Å². The van der Waals surface area contributed by atoms with Crippen molar-refractivity contribution in [2.75, 3.05) is 18.4 Å². The Balaban J connectivity index is 1.73. The summed E-state index contributed by atoms with van der Waals surface area (Å²) < 4.78 is 7.20. The maximum absolute atomic E-state index is 14.2. The van der Waals surface area contributed by atoms with Crippen LogP contribution in [0.15, 0.2) is 89.7 Å². The van der Waals surface area contributed by atoms with Gasteiger partial charge in [-0.25, -0.2) is 4.79 Å². The Labute approximate surface area is 252 Å². The first-order valence-corrected chi connectivity index (χ1v) is 14.4. The first-order chi connectivity index (χ1) is 20.4. The number of nitrogens with zero attached hydrogens (tertiary/aromatic N) is 2. The lowest BCUT2D eigenvalue weighted by Gasteiger charge is -2.49. The number of rotatable bonds is 9. The maximum atomic E-state index is 14.2. The smallest absolute Gasteiger partial charge is 0.412 e. The van der Waals surface area contributed by atoms with Crippen molar-refractivity contribution >= 4 is 24.1 Å². The second-order valence-corrected chi connectivity index (χ2v) is 11.9. The molecular formula is C34H40N4O5. The number of carbonyl (C=O) groups is 3. The van der Waals surface area contributed by atoms with Gasteiger partial charge in [-0.05, 0) is 57.4 Å². The van der Waals surface area contributed by atoms with Gasteiger partial charge in [-0.2, -0.15) is 0 Å². The number of aromatic nitrogens is 1. The molecule has 226 valence electrons. The van der Waals surface area contributed by atoms with Crippen LogP contribution < -0.4 is 16.2 Å². The summed E-state index contributed by atoms with van der Waals surface area (Å²) in [7, 11) is 0. The van der Waals surface area contributed by atoms with Crippen molar-refractivity contribution < 1.29 is 19.1 Å². The highest BCUT2D eigenvalue weighted by molar-refractivity contribution is 5.91. The van der Waals surface area contributed by atoms with Gasteiger partial charge in [0.15, 0.2) is 0 Å². The quantitative estimate of drug-likeness (QED) is 0.262. The van der Waals surface area contributed by atoms with E-state index in [1.165, 1.54) is 9.47 Å². The zero-order valence-corrected chi connectivity index (χ0v) is 25.3. The van der Waals surface area contributed by atoms with Gasteiger partial charge in [0.05, 0.1) is 6.54 Å². The second-order valence-electron chi connectivity index (χ2n) is 11.9. The summed E-state index contributed by atoms with van der Waals surface area (Å²) in [5.41, 5.74) is 0.792. The first-order valence-electron chi connectivity index (χ1n) is 14.4. The molecule has 3 aromatic rings. The fourth-order valence-corrected chi connectivity index (χ4v) is 5.71. The number of aryl methyl sites for hydroxylation is 1. The van der Waals surface area contributed by atoms with E-state index in [-0.39, 0.29) is 43.4 Å². The fourth-order valence-electron chi connectivity index (χ4n) is 5.71. The summed E-state index contributed by atoms with van der Waals surface area (Å²) in [4.78, 5) is 54.2. The number of amides is 3. The van der Waals surface area contributed by atoms with Gasteiger partial charge in [0.2, 0.25) is 12.3 Å². The Morgan fingerprint density at radius 2 is 1.63 bits per heavy atom. The molecule has 0 saturated carbocycles. The topological polar surface area (TPSA) is 110 Å². The van der Waals surface area contributed by atoms with E-state index in [1.807, 2.05) is 60.7 Å². The van der Waals surface area contributed by atoms with Gasteiger partial charge in [0, 0.05) is 31.0 Å². The van der Waals surface area contributed by atoms with E-state index in [2.05, 4.69) is 17.2 Å². The molecule has 43 heavy (non-hydrogen) atoms. The van der Waals surface area contributed by atoms with Gasteiger partial charge in [0.1, 0.15) is 17.0 Å². The molecule has 1 atom stereocenters. The summed E-state index contributed by atoms with van der Waals surface area (Å²) in [5, 5.41) is 5.52. The van der Waals surface area contributed by atoms with E-state index in [9.17, 15) is 19.2 Å². The van der Waals surface area contributed by atoms with Crippen LogP contribution in [0, 0.1) is 6.92 Å². The number of carbonyl (C=O) groups excluding carboxylic acids is 3. The minimum atomic E-state index is -1.34. The number of hydrogen-bond donors (Lipinski definition) is 2. The zero-order chi connectivity index (χ0) is 31.2. The normalized spacial score (nSPS) is 17.0. The van der Waals surface area contributed by atoms with Crippen molar-refractivity contribution in [3.8, 4) is 0 Å². The number of ether oxygens (including phenoxy) is 1. The van der Waals surface area contributed by atoms with Gasteiger partial charge in [-0.3, -0.25) is 23.9 Å². The predicted octanol–water partition coefficient (Wildman–Crippen LogP) is 5.30. The number of pyridine rings is 1. The molecular weight excluding hydrogens is 544 g/mol. The number of hydrogen-bond acceptors (Lipinski definition) is 5. The molecule has 1 saturated heterocycles. The molecule has 1 aliphatic heterocycles. The van der Waals surface area contributed by atoms with Crippen molar-refractivity contribution in [1.82, 2.24) is 14.8 Å². The molecule has 2 N–H and O–H groups in total. The minimum absolute atomic E-state index is 0.0585. The largest absolute Gasteiger partial charge is 0.444 e. The molecule has 0 radical (unpaired) electrons. The Kier molecular flexibility index (Phi) is 9.53. The Hall–Kier alpha value is -4.66. The average Bonchev–Trinajstić information content (AvgIpc) is 2.96. The molecule has 2 aromatic carbocycles. The molecule has 1 unspecified atom stereocenters. The number of nitrogens with one attached hydrogen (secondary N) is 2. The molecule has 0 aliphatic carbocycles. The molecule has 2 heterocycles. The minimum Gasteiger partial charge on any atom is -0.444 e. The lowest BCUT2D eigenvalue weighted by atomic mass is 9.88. The fraction of sp³-hybridized carbons (Fsp3) is 0.353. The predicted molar refractivity (Wildman–Crippen MR) is 167 cm³/mol. The second kappa shape index (κ2) is 13.1. The Bertz CT molecular complexity index is 1490. The molecule has 3 amide bonds. The van der Waals surface area contributed by atoms with E-state index < -0.39 is 22.9 Å². The number of anilines is 1. The molecule has 0 bridgehead atoms. The van der Waals surface area contributed by atoms with E-state index >= 15 is 0 Å². The molecule has 4 rings (SSSR count). The third-order valence-corrected chi connectivity index (χ3v) is 7.57. The summed E-state index contributed by atoms with van der Waals surface area (Å²) in [6.07, 6.45) is 0.773. The van der Waals surface area contributed by atoms with Gasteiger partial charge in [-0.1, -0.05) is 72.8 Å². The number of piperidine rings is 1. The van der Waals surface area contributed by atoms with Gasteiger partial charge < -0.3 is 15.4 Å². The molecule has 1 aliphatic rings. The highest BCUT2D eigenvalue weighted by atomic mass is 16.6. The zero-order valence-electron chi connectivity index (χ0n) is 25.3. The summed E-state index contributed by atoms with van der Waals surface area (Å²) in [6.45, 7) is 11.4. The Morgan fingerprint density at radius 1 is 1.02 bits per heavy atom. The lowest BCUT2D eigenvalue weighted by molar-refractivity contribution is -0.116. The van der Waals surface area contributed by atoms with E-state index in [0.29, 0.717) is 18.5 Å². The SMILES string of the molecule is C=C1CCN(C(=O)OC(C)(C)C)C(CNC=O)(n2c(C)ccc(NC(=O)CC(c3ccccc3)c3ccccc3)c2=O)C1. The van der Waals surface area contributed by atoms with Crippen molar-refractivity contribution in [2.24, 2.45) is 0 Å². The third kappa shape index (κ3) is 7.23. The van der Waals surface area contributed by atoms with Crippen molar-refractivity contribution in [1.29, 1.82) is 0 Å². The van der Waals surface area contributed by atoms with Gasteiger partial charge >= 0.3 is 6.09 Å². The van der Waals surface area contributed by atoms with E-state index in [4.69, 9.17) is 4.74 Å². The van der Waals surface area contributed by atoms with Crippen LogP contribution in [0.2, 0.25) is 0 Å². The molecule has 0 spiro atoms. The van der Waals surface area contributed by atoms with Crippen LogP contribution in [-0.2, 0) is 20.0 Å². The Morgan fingerprint density at radius 3 is 2.19 bits per heavy atom. The number of benzene rings is 2. The highest BCUT2D eigenvalue weighted by Gasteiger charge is 2.47. The monoisotopic (exact) mass is 584 g/mol. The molecule has 1 fully saturated rings. The summed E-state index contributed by atoms with van der Waals surface area (Å²) in [6, 6.07) is 22.8. The standard InChI is InChI=1S/C34H40N4O5/c1-24-18-19-37(32(42)43-33(3,4)5)34(21-24,22-35-23-39)38-25(2)16-17-29(31(38)41)36-30(40)20-28(26-12-8-6-9-13-26)27-14-10-7-11-15-27/h6-17,23,28H,1,18-22H2,2-5H3,(H,35,39)(H,36,40). The van der Waals surface area contributed by atoms with Crippen LogP contribution in [0.4, 0.5) is 10.5 Å². The third-order valence-electron chi connectivity index (χ3n) is 7.57. The summed E-state index contributed by atoms with van der Waals surface area (Å²) >= 11 is 0. The van der Waals surface area contributed by atoms with E-state index in [1.54, 1.807) is 39.8 Å².